The van der Waals surface area contributed by atoms with Crippen LogP contribution in [-0.2, 0) is 23.6 Å². The smallest absolute Gasteiger partial charge is 0.215 e. The average Bonchev–Trinajstić information content (AvgIpc) is 2.58. The van der Waals surface area contributed by atoms with Crippen molar-refractivity contribution in [2.45, 2.75) is 52.5 Å². The standard InChI is InChI=1S/C13H26N4O2S/c1-9(2)14-7-10(3)20(18,19)15-8-13-11(4)16-17(6)12(13)5/h9-10,14-15H,7-8H2,1-6H3. The van der Waals surface area contributed by atoms with E-state index in [1.807, 2.05) is 34.7 Å². The molecular formula is C13H26N4O2S. The zero-order valence-corrected chi connectivity index (χ0v) is 14.0. The molecule has 0 aliphatic heterocycles. The van der Waals surface area contributed by atoms with Gasteiger partial charge in [0.15, 0.2) is 0 Å². The van der Waals surface area contributed by atoms with Crippen molar-refractivity contribution in [2.24, 2.45) is 7.05 Å². The summed E-state index contributed by atoms with van der Waals surface area (Å²) >= 11 is 0. The Hall–Kier alpha value is -0.920. The highest BCUT2D eigenvalue weighted by Crippen LogP contribution is 2.12. The molecule has 1 unspecified atom stereocenters. The first-order valence-corrected chi connectivity index (χ1v) is 8.40. The second kappa shape index (κ2) is 6.69. The predicted molar refractivity (Wildman–Crippen MR) is 81.0 cm³/mol. The van der Waals surface area contributed by atoms with Crippen LogP contribution in [0.3, 0.4) is 0 Å². The number of nitrogens with one attached hydrogen (secondary N) is 2. The van der Waals surface area contributed by atoms with Gasteiger partial charge in [-0.3, -0.25) is 4.68 Å². The summed E-state index contributed by atoms with van der Waals surface area (Å²) in [5.74, 6) is 0. The molecule has 1 aromatic rings. The third-order valence-corrected chi connectivity index (χ3v) is 5.23. The van der Waals surface area contributed by atoms with Crippen LogP contribution in [0, 0.1) is 13.8 Å². The quantitative estimate of drug-likeness (QED) is 0.783. The lowest BCUT2D eigenvalue weighted by Gasteiger charge is -2.16. The maximum Gasteiger partial charge on any atom is 0.215 e. The molecule has 0 fully saturated rings. The van der Waals surface area contributed by atoms with Crippen LogP contribution in [-0.4, -0.2) is 36.0 Å². The fraction of sp³-hybridized carbons (Fsp3) is 0.769. The molecule has 6 nitrogen and oxygen atoms in total. The molecule has 1 atom stereocenters. The van der Waals surface area contributed by atoms with Crippen LogP contribution >= 0.6 is 0 Å². The van der Waals surface area contributed by atoms with Gasteiger partial charge in [0.25, 0.3) is 0 Å². The van der Waals surface area contributed by atoms with E-state index < -0.39 is 15.3 Å². The fourth-order valence-corrected chi connectivity index (χ4v) is 2.85. The van der Waals surface area contributed by atoms with E-state index in [0.29, 0.717) is 13.1 Å². The van der Waals surface area contributed by atoms with Crippen molar-refractivity contribution in [3.8, 4) is 0 Å². The maximum atomic E-state index is 12.2. The first-order valence-electron chi connectivity index (χ1n) is 6.86. The number of hydrogen-bond donors (Lipinski definition) is 2. The van der Waals surface area contributed by atoms with Crippen molar-refractivity contribution in [3.05, 3.63) is 17.0 Å². The van der Waals surface area contributed by atoms with E-state index in [-0.39, 0.29) is 6.04 Å². The van der Waals surface area contributed by atoms with Gasteiger partial charge in [-0.05, 0) is 20.8 Å². The van der Waals surface area contributed by atoms with Gasteiger partial charge in [-0.2, -0.15) is 5.10 Å². The molecule has 116 valence electrons. The van der Waals surface area contributed by atoms with E-state index in [1.165, 1.54) is 0 Å². The van der Waals surface area contributed by atoms with Crippen LogP contribution in [0.1, 0.15) is 37.7 Å². The van der Waals surface area contributed by atoms with Crippen molar-refractivity contribution in [2.75, 3.05) is 6.54 Å². The highest BCUT2D eigenvalue weighted by atomic mass is 32.2. The van der Waals surface area contributed by atoms with Gasteiger partial charge in [0.05, 0.1) is 10.9 Å². The van der Waals surface area contributed by atoms with Gasteiger partial charge in [0.1, 0.15) is 0 Å². The van der Waals surface area contributed by atoms with Crippen LogP contribution < -0.4 is 10.0 Å². The largest absolute Gasteiger partial charge is 0.313 e. The zero-order valence-electron chi connectivity index (χ0n) is 13.2. The van der Waals surface area contributed by atoms with Gasteiger partial charge < -0.3 is 5.32 Å². The molecular weight excluding hydrogens is 276 g/mol. The number of aromatic nitrogens is 2. The Kier molecular flexibility index (Phi) is 5.73. The monoisotopic (exact) mass is 302 g/mol. The van der Waals surface area contributed by atoms with E-state index >= 15 is 0 Å². The van der Waals surface area contributed by atoms with Gasteiger partial charge in [-0.1, -0.05) is 13.8 Å². The Morgan fingerprint density at radius 1 is 1.25 bits per heavy atom. The fourth-order valence-electron chi connectivity index (χ4n) is 1.90. The minimum atomic E-state index is -3.33. The Balaban J connectivity index is 2.67. The first kappa shape index (κ1) is 17.1. The maximum absolute atomic E-state index is 12.2. The Morgan fingerprint density at radius 2 is 1.85 bits per heavy atom. The highest BCUT2D eigenvalue weighted by Gasteiger charge is 2.21. The Bertz CT molecular complexity index is 549. The van der Waals surface area contributed by atoms with Crippen molar-refractivity contribution < 1.29 is 8.42 Å². The molecule has 0 saturated carbocycles. The third kappa shape index (κ3) is 4.29. The minimum absolute atomic E-state index is 0.274. The van der Waals surface area contributed by atoms with Gasteiger partial charge >= 0.3 is 0 Å². The molecule has 0 saturated heterocycles. The van der Waals surface area contributed by atoms with E-state index in [9.17, 15) is 8.42 Å². The molecule has 20 heavy (non-hydrogen) atoms. The minimum Gasteiger partial charge on any atom is -0.313 e. The third-order valence-electron chi connectivity index (χ3n) is 3.45. The van der Waals surface area contributed by atoms with Gasteiger partial charge in [-0.25, -0.2) is 13.1 Å². The van der Waals surface area contributed by atoms with E-state index in [2.05, 4.69) is 15.1 Å². The highest BCUT2D eigenvalue weighted by molar-refractivity contribution is 7.90. The number of aryl methyl sites for hydroxylation is 2. The van der Waals surface area contributed by atoms with Gasteiger partial charge in [0.2, 0.25) is 10.0 Å². The molecule has 0 aliphatic rings. The molecule has 1 aromatic heterocycles. The summed E-state index contributed by atoms with van der Waals surface area (Å²) in [6, 6.07) is 0.274. The summed E-state index contributed by atoms with van der Waals surface area (Å²) in [6.07, 6.45) is 0. The van der Waals surface area contributed by atoms with Crippen molar-refractivity contribution in [3.63, 3.8) is 0 Å². The summed E-state index contributed by atoms with van der Waals surface area (Å²) in [4.78, 5) is 0. The molecule has 0 spiro atoms. The van der Waals surface area contributed by atoms with Gasteiger partial charge in [-0.15, -0.1) is 0 Å². The van der Waals surface area contributed by atoms with Crippen LogP contribution in [0.15, 0.2) is 0 Å². The van der Waals surface area contributed by atoms with Crippen LogP contribution in [0.2, 0.25) is 0 Å². The molecule has 0 radical (unpaired) electrons. The van der Waals surface area contributed by atoms with Crippen LogP contribution in [0.5, 0.6) is 0 Å². The lowest BCUT2D eigenvalue weighted by molar-refractivity contribution is 0.540. The lowest BCUT2D eigenvalue weighted by atomic mass is 10.2. The molecule has 2 N–H and O–H groups in total. The van der Waals surface area contributed by atoms with Gasteiger partial charge in [0, 0.05) is 37.4 Å². The lowest BCUT2D eigenvalue weighted by Crippen LogP contribution is -2.40. The van der Waals surface area contributed by atoms with E-state index in [4.69, 9.17) is 0 Å². The zero-order chi connectivity index (χ0) is 15.5. The number of sulfonamides is 1. The molecule has 7 heteroatoms. The number of nitrogens with zero attached hydrogens (tertiary/aromatic N) is 2. The second-order valence-corrected chi connectivity index (χ2v) is 7.70. The van der Waals surface area contributed by atoms with Crippen LogP contribution in [0.4, 0.5) is 0 Å². The topological polar surface area (TPSA) is 76.0 Å². The summed E-state index contributed by atoms with van der Waals surface area (Å²) in [5, 5.41) is 6.96. The summed E-state index contributed by atoms with van der Waals surface area (Å²) < 4.78 is 28.8. The van der Waals surface area contributed by atoms with E-state index in [0.717, 1.165) is 17.0 Å². The molecule has 0 aromatic carbocycles. The van der Waals surface area contributed by atoms with Crippen LogP contribution in [0.25, 0.3) is 0 Å². The molecule has 0 amide bonds. The number of hydrogen-bond acceptors (Lipinski definition) is 4. The molecule has 1 heterocycles. The number of rotatable bonds is 7. The van der Waals surface area contributed by atoms with Crippen molar-refractivity contribution in [1.29, 1.82) is 0 Å². The van der Waals surface area contributed by atoms with Crippen molar-refractivity contribution in [1.82, 2.24) is 19.8 Å². The first-order chi connectivity index (χ1) is 9.15. The average molecular weight is 302 g/mol. The summed E-state index contributed by atoms with van der Waals surface area (Å²) in [5.41, 5.74) is 2.79. The SMILES string of the molecule is Cc1nn(C)c(C)c1CNS(=O)(=O)C(C)CNC(C)C. The summed E-state index contributed by atoms with van der Waals surface area (Å²) in [7, 11) is -1.47. The molecule has 1 rings (SSSR count). The summed E-state index contributed by atoms with van der Waals surface area (Å²) in [6.45, 7) is 10.3. The Labute approximate surface area is 122 Å². The molecule has 0 aliphatic carbocycles. The second-order valence-electron chi connectivity index (χ2n) is 5.51. The predicted octanol–water partition coefficient (Wildman–Crippen LogP) is 0.843. The van der Waals surface area contributed by atoms with Crippen molar-refractivity contribution >= 4 is 10.0 Å². The van der Waals surface area contributed by atoms with E-state index in [1.54, 1.807) is 11.6 Å². The molecule has 0 bridgehead atoms. The normalized spacial score (nSPS) is 13.9. The Morgan fingerprint density at radius 3 is 2.30 bits per heavy atom.